The van der Waals surface area contributed by atoms with Gasteiger partial charge in [-0.2, -0.15) is 4.37 Å². The first-order valence-corrected chi connectivity index (χ1v) is 5.51. The number of anilines is 2. The van der Waals surface area contributed by atoms with Crippen LogP contribution in [0.1, 0.15) is 26.3 Å². The lowest BCUT2D eigenvalue weighted by Gasteiger charge is -2.27. The van der Waals surface area contributed by atoms with E-state index in [2.05, 4.69) is 37.1 Å². The summed E-state index contributed by atoms with van der Waals surface area (Å²) in [5.74, 6) is 0.658. The molecule has 0 aliphatic carbocycles. The standard InChI is InChI=1S/C10H19N3S/c1-7-8(11)12-14-9(7)13(5)6-10(2,3)4/h6H2,1-5H3,(H2,11,12). The molecule has 0 aliphatic rings. The van der Waals surface area contributed by atoms with Crippen LogP contribution < -0.4 is 10.6 Å². The van der Waals surface area contributed by atoms with Crippen LogP contribution in [0.2, 0.25) is 0 Å². The predicted molar refractivity (Wildman–Crippen MR) is 64.0 cm³/mol. The van der Waals surface area contributed by atoms with E-state index in [1.54, 1.807) is 0 Å². The van der Waals surface area contributed by atoms with E-state index in [1.807, 2.05) is 6.92 Å². The maximum atomic E-state index is 5.71. The Balaban J connectivity index is 2.80. The number of nitrogens with zero attached hydrogens (tertiary/aromatic N) is 2. The van der Waals surface area contributed by atoms with Crippen LogP contribution in [-0.4, -0.2) is 18.0 Å². The van der Waals surface area contributed by atoms with Gasteiger partial charge >= 0.3 is 0 Å². The Bertz CT molecular complexity index is 312. The SMILES string of the molecule is Cc1c(N)nsc1N(C)CC(C)(C)C. The summed E-state index contributed by atoms with van der Waals surface area (Å²) in [5, 5.41) is 1.18. The minimum absolute atomic E-state index is 0.292. The molecular weight excluding hydrogens is 194 g/mol. The number of nitrogens with two attached hydrogens (primary N) is 1. The third kappa shape index (κ3) is 2.61. The average Bonchev–Trinajstić information content (AvgIpc) is 2.29. The second-order valence-electron chi connectivity index (χ2n) is 4.91. The Kier molecular flexibility index (Phi) is 3.04. The number of hydrogen-bond donors (Lipinski definition) is 1. The van der Waals surface area contributed by atoms with Gasteiger partial charge in [0.05, 0.1) is 0 Å². The summed E-state index contributed by atoms with van der Waals surface area (Å²) in [5.41, 5.74) is 7.11. The fourth-order valence-corrected chi connectivity index (χ4v) is 2.25. The van der Waals surface area contributed by atoms with Gasteiger partial charge in [0.15, 0.2) is 0 Å². The highest BCUT2D eigenvalue weighted by molar-refractivity contribution is 7.10. The van der Waals surface area contributed by atoms with Crippen molar-refractivity contribution in [1.29, 1.82) is 0 Å². The zero-order valence-corrected chi connectivity index (χ0v) is 10.4. The summed E-state index contributed by atoms with van der Waals surface area (Å²) in [4.78, 5) is 2.23. The Morgan fingerprint density at radius 1 is 1.43 bits per heavy atom. The van der Waals surface area contributed by atoms with E-state index in [1.165, 1.54) is 16.5 Å². The van der Waals surface area contributed by atoms with Gasteiger partial charge in [-0.3, -0.25) is 0 Å². The topological polar surface area (TPSA) is 42.1 Å². The van der Waals surface area contributed by atoms with Crippen molar-refractivity contribution >= 4 is 22.4 Å². The van der Waals surface area contributed by atoms with Crippen LogP contribution in [-0.2, 0) is 0 Å². The zero-order chi connectivity index (χ0) is 10.9. The average molecular weight is 213 g/mol. The molecule has 1 aromatic heterocycles. The van der Waals surface area contributed by atoms with Crippen LogP contribution in [0.25, 0.3) is 0 Å². The minimum atomic E-state index is 0.292. The summed E-state index contributed by atoms with van der Waals surface area (Å²) >= 11 is 1.48. The van der Waals surface area contributed by atoms with Gasteiger partial charge in [-0.05, 0) is 23.9 Å². The maximum Gasteiger partial charge on any atom is 0.142 e. The summed E-state index contributed by atoms with van der Waals surface area (Å²) < 4.78 is 4.15. The molecule has 0 saturated heterocycles. The van der Waals surface area contributed by atoms with Crippen molar-refractivity contribution in [3.8, 4) is 0 Å². The predicted octanol–water partition coefficient (Wildman–Crippen LogP) is 2.52. The third-order valence-corrected chi connectivity index (χ3v) is 3.07. The van der Waals surface area contributed by atoms with Crippen molar-refractivity contribution in [3.63, 3.8) is 0 Å². The molecule has 80 valence electrons. The van der Waals surface area contributed by atoms with Gasteiger partial charge in [0.2, 0.25) is 0 Å². The molecule has 0 fully saturated rings. The highest BCUT2D eigenvalue weighted by Gasteiger charge is 2.17. The fraction of sp³-hybridized carbons (Fsp3) is 0.700. The smallest absolute Gasteiger partial charge is 0.142 e. The van der Waals surface area contributed by atoms with Gasteiger partial charge in [-0.25, -0.2) is 0 Å². The van der Waals surface area contributed by atoms with E-state index in [-0.39, 0.29) is 0 Å². The summed E-state index contributed by atoms with van der Waals surface area (Å²) in [6, 6.07) is 0. The molecule has 0 radical (unpaired) electrons. The second-order valence-corrected chi connectivity index (χ2v) is 5.67. The molecule has 1 heterocycles. The van der Waals surface area contributed by atoms with Gasteiger partial charge in [-0.15, -0.1) is 0 Å². The molecule has 4 heteroatoms. The van der Waals surface area contributed by atoms with E-state index >= 15 is 0 Å². The first kappa shape index (κ1) is 11.3. The monoisotopic (exact) mass is 213 g/mol. The van der Waals surface area contributed by atoms with Gasteiger partial charge in [0.1, 0.15) is 10.8 Å². The van der Waals surface area contributed by atoms with Crippen molar-refractivity contribution < 1.29 is 0 Å². The fourth-order valence-electron chi connectivity index (χ4n) is 1.48. The van der Waals surface area contributed by atoms with Crippen LogP contribution in [0.15, 0.2) is 0 Å². The Labute approximate surface area is 90.1 Å². The molecule has 1 aromatic rings. The third-order valence-electron chi connectivity index (χ3n) is 1.99. The molecule has 0 atom stereocenters. The lowest BCUT2D eigenvalue weighted by Crippen LogP contribution is -2.28. The van der Waals surface area contributed by atoms with E-state index in [0.29, 0.717) is 11.2 Å². The molecule has 0 bridgehead atoms. The second kappa shape index (κ2) is 3.77. The molecule has 3 nitrogen and oxygen atoms in total. The van der Waals surface area contributed by atoms with Crippen molar-refractivity contribution in [2.45, 2.75) is 27.7 Å². The lowest BCUT2D eigenvalue weighted by atomic mass is 9.96. The van der Waals surface area contributed by atoms with Crippen molar-refractivity contribution in [2.75, 3.05) is 24.2 Å². The van der Waals surface area contributed by atoms with E-state index < -0.39 is 0 Å². The highest BCUT2D eigenvalue weighted by atomic mass is 32.1. The minimum Gasteiger partial charge on any atom is -0.383 e. The molecule has 0 saturated carbocycles. The maximum absolute atomic E-state index is 5.71. The van der Waals surface area contributed by atoms with Crippen LogP contribution in [0.5, 0.6) is 0 Å². The molecule has 1 rings (SSSR count). The Hall–Kier alpha value is -0.770. The van der Waals surface area contributed by atoms with E-state index in [9.17, 15) is 0 Å². The van der Waals surface area contributed by atoms with Crippen LogP contribution in [0.4, 0.5) is 10.8 Å². The lowest BCUT2D eigenvalue weighted by molar-refractivity contribution is 0.419. The number of nitrogen functional groups attached to an aromatic ring is 1. The van der Waals surface area contributed by atoms with Crippen LogP contribution >= 0.6 is 11.5 Å². The van der Waals surface area contributed by atoms with Gasteiger partial charge in [-0.1, -0.05) is 20.8 Å². The van der Waals surface area contributed by atoms with Crippen LogP contribution in [0.3, 0.4) is 0 Å². The first-order chi connectivity index (χ1) is 6.31. The quantitative estimate of drug-likeness (QED) is 0.821. The summed E-state index contributed by atoms with van der Waals surface area (Å²) in [6.07, 6.45) is 0. The number of rotatable bonds is 2. The Morgan fingerprint density at radius 3 is 2.36 bits per heavy atom. The summed E-state index contributed by atoms with van der Waals surface area (Å²) in [6.45, 7) is 9.71. The zero-order valence-electron chi connectivity index (χ0n) is 9.59. The van der Waals surface area contributed by atoms with Crippen molar-refractivity contribution in [3.05, 3.63) is 5.56 Å². The normalized spacial score (nSPS) is 11.8. The molecule has 14 heavy (non-hydrogen) atoms. The van der Waals surface area contributed by atoms with Gasteiger partial charge in [0.25, 0.3) is 0 Å². The van der Waals surface area contributed by atoms with E-state index in [0.717, 1.165) is 12.1 Å². The first-order valence-electron chi connectivity index (χ1n) is 4.74. The highest BCUT2D eigenvalue weighted by Crippen LogP contribution is 2.30. The van der Waals surface area contributed by atoms with Gasteiger partial charge < -0.3 is 10.6 Å². The van der Waals surface area contributed by atoms with Crippen molar-refractivity contribution in [2.24, 2.45) is 5.41 Å². The number of hydrogen-bond acceptors (Lipinski definition) is 4. The van der Waals surface area contributed by atoms with E-state index in [4.69, 9.17) is 5.73 Å². The van der Waals surface area contributed by atoms with Gasteiger partial charge in [0, 0.05) is 19.2 Å². The molecule has 0 spiro atoms. The Morgan fingerprint density at radius 2 is 2.00 bits per heavy atom. The molecule has 0 aliphatic heterocycles. The van der Waals surface area contributed by atoms with Crippen molar-refractivity contribution in [1.82, 2.24) is 4.37 Å². The largest absolute Gasteiger partial charge is 0.383 e. The molecule has 0 amide bonds. The summed E-state index contributed by atoms with van der Waals surface area (Å²) in [7, 11) is 2.09. The number of aromatic nitrogens is 1. The molecular formula is C10H19N3S. The van der Waals surface area contributed by atoms with Crippen LogP contribution in [0, 0.1) is 12.3 Å². The molecule has 0 unspecified atom stereocenters. The molecule has 2 N–H and O–H groups in total. The molecule has 0 aromatic carbocycles.